The largest absolute Gasteiger partial charge is 0.481 e. The topological polar surface area (TPSA) is 56.3 Å². The molecule has 5 nitrogen and oxygen atoms in total. The van der Waals surface area contributed by atoms with Crippen LogP contribution < -0.4 is 14.8 Å². The van der Waals surface area contributed by atoms with Crippen LogP contribution in [-0.2, 0) is 0 Å². The van der Waals surface area contributed by atoms with Crippen LogP contribution in [0.2, 0.25) is 0 Å². The number of rotatable bonds is 7. The first-order chi connectivity index (χ1) is 8.11. The summed E-state index contributed by atoms with van der Waals surface area (Å²) >= 11 is 0. The van der Waals surface area contributed by atoms with Crippen LogP contribution in [0.1, 0.15) is 26.0 Å². The first-order valence-corrected chi connectivity index (χ1v) is 5.87. The van der Waals surface area contributed by atoms with Crippen LogP contribution in [-0.4, -0.2) is 36.3 Å². The number of ether oxygens (including phenoxy) is 2. The van der Waals surface area contributed by atoms with E-state index in [2.05, 4.69) is 29.1 Å². The Kier molecular flexibility index (Phi) is 5.69. The Bertz CT molecular complexity index is 343. The standard InChI is InChI=1S/C12H21N3O2/c1-9(2)13-6-5-7-17-12-14-10(3)8-11(15-12)16-4/h8-9,13H,5-7H2,1-4H3. The number of nitrogens with zero attached hydrogens (tertiary/aromatic N) is 2. The average molecular weight is 239 g/mol. The minimum atomic E-state index is 0.381. The van der Waals surface area contributed by atoms with Crippen molar-refractivity contribution in [2.24, 2.45) is 0 Å². The summed E-state index contributed by atoms with van der Waals surface area (Å²) in [5, 5.41) is 3.32. The summed E-state index contributed by atoms with van der Waals surface area (Å²) < 4.78 is 10.5. The number of aromatic nitrogens is 2. The predicted molar refractivity (Wildman–Crippen MR) is 66.6 cm³/mol. The molecule has 0 aliphatic rings. The molecule has 1 aromatic heterocycles. The van der Waals surface area contributed by atoms with Crippen LogP contribution in [0.3, 0.4) is 0 Å². The van der Waals surface area contributed by atoms with E-state index in [4.69, 9.17) is 9.47 Å². The molecule has 0 aliphatic heterocycles. The maximum atomic E-state index is 5.47. The van der Waals surface area contributed by atoms with Gasteiger partial charge in [0, 0.05) is 17.8 Å². The zero-order valence-corrected chi connectivity index (χ0v) is 11.0. The Morgan fingerprint density at radius 2 is 2.12 bits per heavy atom. The van der Waals surface area contributed by atoms with E-state index < -0.39 is 0 Å². The zero-order chi connectivity index (χ0) is 12.7. The molecular formula is C12H21N3O2. The monoisotopic (exact) mass is 239 g/mol. The van der Waals surface area contributed by atoms with Crippen molar-refractivity contribution >= 4 is 0 Å². The first kappa shape index (κ1) is 13.7. The predicted octanol–water partition coefficient (Wildman–Crippen LogP) is 1.56. The fourth-order valence-corrected chi connectivity index (χ4v) is 1.31. The Morgan fingerprint density at radius 3 is 2.76 bits per heavy atom. The van der Waals surface area contributed by atoms with Crippen LogP contribution in [0.5, 0.6) is 11.9 Å². The smallest absolute Gasteiger partial charge is 0.319 e. The molecule has 5 heteroatoms. The third-order valence-electron chi connectivity index (χ3n) is 2.12. The summed E-state index contributed by atoms with van der Waals surface area (Å²) in [4.78, 5) is 8.29. The summed E-state index contributed by atoms with van der Waals surface area (Å²) in [7, 11) is 1.58. The van der Waals surface area contributed by atoms with E-state index >= 15 is 0 Å². The fraction of sp³-hybridized carbons (Fsp3) is 0.667. The molecule has 1 N–H and O–H groups in total. The van der Waals surface area contributed by atoms with Gasteiger partial charge in [-0.25, -0.2) is 4.98 Å². The quantitative estimate of drug-likeness (QED) is 0.732. The second-order valence-electron chi connectivity index (χ2n) is 4.15. The van der Waals surface area contributed by atoms with Gasteiger partial charge in [-0.3, -0.25) is 0 Å². The summed E-state index contributed by atoms with van der Waals surface area (Å²) in [5.41, 5.74) is 0.840. The van der Waals surface area contributed by atoms with Gasteiger partial charge in [-0.1, -0.05) is 13.8 Å². The Morgan fingerprint density at radius 1 is 1.35 bits per heavy atom. The zero-order valence-electron chi connectivity index (χ0n) is 11.0. The minimum Gasteiger partial charge on any atom is -0.481 e. The van der Waals surface area contributed by atoms with Crippen molar-refractivity contribution in [2.75, 3.05) is 20.3 Å². The number of hydrogen-bond donors (Lipinski definition) is 1. The average Bonchev–Trinajstić information content (AvgIpc) is 2.27. The molecule has 0 amide bonds. The highest BCUT2D eigenvalue weighted by atomic mass is 16.5. The molecule has 1 rings (SSSR count). The molecule has 0 unspecified atom stereocenters. The van der Waals surface area contributed by atoms with E-state index in [0.717, 1.165) is 18.7 Å². The van der Waals surface area contributed by atoms with E-state index in [-0.39, 0.29) is 0 Å². The van der Waals surface area contributed by atoms with Crippen LogP contribution in [0.25, 0.3) is 0 Å². The Labute approximate surface area is 103 Å². The van der Waals surface area contributed by atoms with Crippen molar-refractivity contribution in [3.63, 3.8) is 0 Å². The SMILES string of the molecule is COc1cc(C)nc(OCCCNC(C)C)n1. The molecule has 0 atom stereocenters. The van der Waals surface area contributed by atoms with Gasteiger partial charge in [0.1, 0.15) is 0 Å². The number of hydrogen-bond acceptors (Lipinski definition) is 5. The molecule has 0 radical (unpaired) electrons. The van der Waals surface area contributed by atoms with Gasteiger partial charge in [0.05, 0.1) is 13.7 Å². The molecule has 0 saturated carbocycles. The van der Waals surface area contributed by atoms with E-state index in [1.54, 1.807) is 13.2 Å². The molecule has 0 aliphatic carbocycles. The van der Waals surface area contributed by atoms with Gasteiger partial charge in [-0.2, -0.15) is 4.98 Å². The van der Waals surface area contributed by atoms with Gasteiger partial charge >= 0.3 is 6.01 Å². The lowest BCUT2D eigenvalue weighted by molar-refractivity contribution is 0.276. The van der Waals surface area contributed by atoms with Crippen LogP contribution in [0.4, 0.5) is 0 Å². The second-order valence-corrected chi connectivity index (χ2v) is 4.15. The lowest BCUT2D eigenvalue weighted by Gasteiger charge is -2.09. The third kappa shape index (κ3) is 5.49. The summed E-state index contributed by atoms with van der Waals surface area (Å²) in [6.45, 7) is 7.66. The van der Waals surface area contributed by atoms with Gasteiger partial charge in [0.2, 0.25) is 5.88 Å². The molecule has 0 aromatic carbocycles. The molecule has 0 bridgehead atoms. The second kappa shape index (κ2) is 7.06. The molecule has 0 saturated heterocycles. The van der Waals surface area contributed by atoms with Crippen molar-refractivity contribution in [1.29, 1.82) is 0 Å². The van der Waals surface area contributed by atoms with E-state index in [1.165, 1.54) is 0 Å². The van der Waals surface area contributed by atoms with Crippen molar-refractivity contribution in [3.8, 4) is 11.9 Å². The maximum absolute atomic E-state index is 5.47. The third-order valence-corrected chi connectivity index (χ3v) is 2.12. The van der Waals surface area contributed by atoms with Crippen LogP contribution in [0, 0.1) is 6.92 Å². The first-order valence-electron chi connectivity index (χ1n) is 5.87. The van der Waals surface area contributed by atoms with Crippen molar-refractivity contribution in [1.82, 2.24) is 15.3 Å². The summed E-state index contributed by atoms with van der Waals surface area (Å²) in [6.07, 6.45) is 0.928. The summed E-state index contributed by atoms with van der Waals surface area (Å²) in [6, 6.07) is 2.66. The molecule has 0 spiro atoms. The van der Waals surface area contributed by atoms with Gasteiger partial charge in [-0.05, 0) is 19.9 Å². The normalized spacial score (nSPS) is 10.6. The van der Waals surface area contributed by atoms with Crippen LogP contribution in [0.15, 0.2) is 6.07 Å². The number of nitrogens with one attached hydrogen (secondary N) is 1. The number of methoxy groups -OCH3 is 1. The Balaban J connectivity index is 2.33. The highest BCUT2D eigenvalue weighted by molar-refractivity contribution is 5.17. The van der Waals surface area contributed by atoms with Crippen molar-refractivity contribution in [3.05, 3.63) is 11.8 Å². The van der Waals surface area contributed by atoms with Gasteiger partial charge in [-0.15, -0.1) is 0 Å². The number of aryl methyl sites for hydroxylation is 1. The van der Waals surface area contributed by atoms with E-state index in [1.807, 2.05) is 6.92 Å². The molecule has 17 heavy (non-hydrogen) atoms. The molecule has 96 valence electrons. The lowest BCUT2D eigenvalue weighted by atomic mass is 10.3. The maximum Gasteiger partial charge on any atom is 0.319 e. The minimum absolute atomic E-state index is 0.381. The highest BCUT2D eigenvalue weighted by Gasteiger charge is 2.03. The fourth-order valence-electron chi connectivity index (χ4n) is 1.31. The molecule has 1 aromatic rings. The molecular weight excluding hydrogens is 218 g/mol. The molecule has 1 heterocycles. The Hall–Kier alpha value is -1.36. The van der Waals surface area contributed by atoms with Gasteiger partial charge < -0.3 is 14.8 Å². The van der Waals surface area contributed by atoms with Crippen LogP contribution >= 0.6 is 0 Å². The van der Waals surface area contributed by atoms with Gasteiger partial charge in [0.25, 0.3) is 0 Å². The van der Waals surface area contributed by atoms with Crippen molar-refractivity contribution in [2.45, 2.75) is 33.2 Å². The van der Waals surface area contributed by atoms with Gasteiger partial charge in [0.15, 0.2) is 0 Å². The lowest BCUT2D eigenvalue weighted by Crippen LogP contribution is -2.24. The van der Waals surface area contributed by atoms with Crippen molar-refractivity contribution < 1.29 is 9.47 Å². The van der Waals surface area contributed by atoms with E-state index in [9.17, 15) is 0 Å². The summed E-state index contributed by atoms with van der Waals surface area (Å²) in [5.74, 6) is 0.535. The molecule has 0 fully saturated rings. The highest BCUT2D eigenvalue weighted by Crippen LogP contribution is 2.12. The van der Waals surface area contributed by atoms with E-state index in [0.29, 0.717) is 24.5 Å².